The van der Waals surface area contributed by atoms with Gasteiger partial charge in [0, 0.05) is 23.2 Å². The smallest absolute Gasteiger partial charge is 0.258 e. The Morgan fingerprint density at radius 1 is 1.23 bits per heavy atom. The first-order chi connectivity index (χ1) is 14.5. The van der Waals surface area contributed by atoms with Gasteiger partial charge in [-0.3, -0.25) is 4.79 Å². The lowest BCUT2D eigenvalue weighted by Crippen LogP contribution is -2.41. The first-order valence-electron chi connectivity index (χ1n) is 10.3. The summed E-state index contributed by atoms with van der Waals surface area (Å²) in [5, 5.41) is 3.07. The van der Waals surface area contributed by atoms with Crippen molar-refractivity contribution in [3.63, 3.8) is 0 Å². The zero-order valence-electron chi connectivity index (χ0n) is 17.2. The van der Waals surface area contributed by atoms with E-state index in [-0.39, 0.29) is 11.8 Å². The average Bonchev–Trinajstić information content (AvgIpc) is 2.76. The van der Waals surface area contributed by atoms with Gasteiger partial charge in [-0.05, 0) is 62.6 Å². The number of rotatable bonds is 5. The fourth-order valence-corrected chi connectivity index (χ4v) is 4.01. The Morgan fingerprint density at radius 2 is 2.00 bits per heavy atom. The molecule has 6 nitrogen and oxygen atoms in total. The number of benzene rings is 2. The van der Waals surface area contributed by atoms with Crippen LogP contribution >= 0.6 is 15.9 Å². The second-order valence-corrected chi connectivity index (χ2v) is 8.37. The molecule has 1 saturated heterocycles. The lowest BCUT2D eigenvalue weighted by molar-refractivity contribution is -0.120. The molecule has 30 heavy (non-hydrogen) atoms. The Bertz CT molecular complexity index is 1070. The standard InChI is InChI=1S/C23H25BrN4O2/c1-3-30-23-21(26-19-8-4-5-9-20(19)27-23)28-12-6-7-16(14-28)22(29)25-17-10-11-18(24)15(2)13-17/h4-5,8-11,13,16H,3,6-7,12,14H2,1-2H3,(H,25,29)/t16-/m0/s1. The molecule has 4 rings (SSSR count). The number of hydrogen-bond acceptors (Lipinski definition) is 5. The Hall–Kier alpha value is -2.67. The van der Waals surface area contributed by atoms with Crippen LogP contribution in [0.25, 0.3) is 11.0 Å². The second-order valence-electron chi connectivity index (χ2n) is 7.51. The largest absolute Gasteiger partial charge is 0.475 e. The molecule has 1 aromatic heterocycles. The number of carbonyl (C=O) groups excluding carboxylic acids is 1. The summed E-state index contributed by atoms with van der Waals surface area (Å²) in [5.74, 6) is 1.16. The lowest BCUT2D eigenvalue weighted by Gasteiger charge is -2.33. The van der Waals surface area contributed by atoms with Gasteiger partial charge in [0.05, 0.1) is 23.6 Å². The highest BCUT2D eigenvalue weighted by atomic mass is 79.9. The molecular weight excluding hydrogens is 444 g/mol. The minimum absolute atomic E-state index is 0.0353. The summed E-state index contributed by atoms with van der Waals surface area (Å²) in [6.45, 7) is 5.88. The molecule has 1 fully saturated rings. The summed E-state index contributed by atoms with van der Waals surface area (Å²) in [4.78, 5) is 24.6. The van der Waals surface area contributed by atoms with Gasteiger partial charge >= 0.3 is 0 Å². The molecule has 0 unspecified atom stereocenters. The maximum Gasteiger partial charge on any atom is 0.258 e. The van der Waals surface area contributed by atoms with E-state index in [9.17, 15) is 4.79 Å². The molecule has 1 N–H and O–H groups in total. The van der Waals surface area contributed by atoms with E-state index in [1.54, 1.807) is 0 Å². The maximum atomic E-state index is 12.9. The van der Waals surface area contributed by atoms with Crippen LogP contribution in [0.15, 0.2) is 46.9 Å². The monoisotopic (exact) mass is 468 g/mol. The zero-order valence-corrected chi connectivity index (χ0v) is 18.8. The molecule has 1 amide bonds. The molecule has 0 spiro atoms. The van der Waals surface area contributed by atoms with Crippen LogP contribution < -0.4 is 15.0 Å². The fraction of sp³-hybridized carbons (Fsp3) is 0.348. The second kappa shape index (κ2) is 9.00. The van der Waals surface area contributed by atoms with Crippen molar-refractivity contribution in [3.05, 3.63) is 52.5 Å². The Balaban J connectivity index is 1.55. The Labute approximate surface area is 184 Å². The number of carbonyl (C=O) groups is 1. The number of anilines is 2. The van der Waals surface area contributed by atoms with Gasteiger partial charge in [0.15, 0.2) is 5.82 Å². The molecule has 7 heteroatoms. The van der Waals surface area contributed by atoms with E-state index in [2.05, 4.69) is 31.1 Å². The number of piperidine rings is 1. The highest BCUT2D eigenvalue weighted by molar-refractivity contribution is 9.10. The van der Waals surface area contributed by atoms with Gasteiger partial charge in [-0.1, -0.05) is 28.1 Å². The Morgan fingerprint density at radius 3 is 2.73 bits per heavy atom. The lowest BCUT2D eigenvalue weighted by atomic mass is 9.97. The van der Waals surface area contributed by atoms with Gasteiger partial charge in [0.1, 0.15) is 0 Å². The summed E-state index contributed by atoms with van der Waals surface area (Å²) in [5.41, 5.74) is 3.54. The highest BCUT2D eigenvalue weighted by Gasteiger charge is 2.29. The molecule has 1 aliphatic rings. The van der Waals surface area contributed by atoms with Crippen LogP contribution in [0.2, 0.25) is 0 Å². The van der Waals surface area contributed by atoms with E-state index >= 15 is 0 Å². The normalized spacial score (nSPS) is 16.5. The number of nitrogens with zero attached hydrogens (tertiary/aromatic N) is 3. The first-order valence-corrected chi connectivity index (χ1v) is 11.1. The molecule has 0 radical (unpaired) electrons. The number of ether oxygens (including phenoxy) is 1. The minimum Gasteiger partial charge on any atom is -0.475 e. The number of para-hydroxylation sites is 2. The number of aromatic nitrogens is 2. The van der Waals surface area contributed by atoms with Crippen molar-refractivity contribution >= 4 is 44.4 Å². The third-order valence-corrected chi connectivity index (χ3v) is 6.21. The first kappa shape index (κ1) is 20.6. The van der Waals surface area contributed by atoms with Crippen LogP contribution in [-0.4, -0.2) is 35.6 Å². The van der Waals surface area contributed by atoms with Crippen molar-refractivity contribution in [3.8, 4) is 5.88 Å². The summed E-state index contributed by atoms with van der Waals surface area (Å²) < 4.78 is 6.82. The van der Waals surface area contributed by atoms with Crippen molar-refractivity contribution in [2.75, 3.05) is 29.9 Å². The summed E-state index contributed by atoms with van der Waals surface area (Å²) in [7, 11) is 0. The van der Waals surface area contributed by atoms with E-state index in [1.807, 2.05) is 56.3 Å². The third kappa shape index (κ3) is 4.41. The molecule has 0 aliphatic carbocycles. The molecule has 0 bridgehead atoms. The zero-order chi connectivity index (χ0) is 21.1. The van der Waals surface area contributed by atoms with Gasteiger partial charge in [-0.2, -0.15) is 0 Å². The predicted molar refractivity (Wildman–Crippen MR) is 123 cm³/mol. The molecule has 3 aromatic rings. The van der Waals surface area contributed by atoms with Crippen molar-refractivity contribution in [2.45, 2.75) is 26.7 Å². The van der Waals surface area contributed by atoms with Crippen molar-refractivity contribution in [1.82, 2.24) is 9.97 Å². The van der Waals surface area contributed by atoms with Gasteiger partial charge in [-0.25, -0.2) is 9.97 Å². The Kier molecular flexibility index (Phi) is 6.18. The molecule has 2 heterocycles. The van der Waals surface area contributed by atoms with E-state index in [0.29, 0.717) is 24.8 Å². The van der Waals surface area contributed by atoms with Crippen LogP contribution in [0.3, 0.4) is 0 Å². The van der Waals surface area contributed by atoms with Gasteiger partial charge in [0.25, 0.3) is 5.88 Å². The fourth-order valence-electron chi connectivity index (χ4n) is 3.76. The number of fused-ring (bicyclic) bond motifs is 1. The summed E-state index contributed by atoms with van der Waals surface area (Å²) in [6.07, 6.45) is 1.76. The van der Waals surface area contributed by atoms with Crippen LogP contribution in [-0.2, 0) is 4.79 Å². The van der Waals surface area contributed by atoms with E-state index in [0.717, 1.165) is 46.1 Å². The SMILES string of the molecule is CCOc1nc2ccccc2nc1N1CCC[C@H](C(=O)Nc2ccc(Br)c(C)c2)C1. The van der Waals surface area contributed by atoms with Gasteiger partial charge < -0.3 is 15.0 Å². The van der Waals surface area contributed by atoms with Crippen molar-refractivity contribution in [2.24, 2.45) is 5.92 Å². The predicted octanol–water partition coefficient (Wildman–Crippen LogP) is 4.95. The number of amides is 1. The van der Waals surface area contributed by atoms with Gasteiger partial charge in [-0.15, -0.1) is 0 Å². The van der Waals surface area contributed by atoms with E-state index in [1.165, 1.54) is 0 Å². The quantitative estimate of drug-likeness (QED) is 0.573. The molecule has 156 valence electrons. The number of halogens is 1. The van der Waals surface area contributed by atoms with Crippen LogP contribution in [0, 0.1) is 12.8 Å². The third-order valence-electron chi connectivity index (χ3n) is 5.32. The van der Waals surface area contributed by atoms with E-state index < -0.39 is 0 Å². The molecular formula is C23H25BrN4O2. The number of hydrogen-bond donors (Lipinski definition) is 1. The van der Waals surface area contributed by atoms with E-state index in [4.69, 9.17) is 9.72 Å². The van der Waals surface area contributed by atoms with Gasteiger partial charge in [0.2, 0.25) is 5.91 Å². The minimum atomic E-state index is -0.120. The average molecular weight is 469 g/mol. The molecule has 2 aromatic carbocycles. The van der Waals surface area contributed by atoms with Crippen molar-refractivity contribution in [1.29, 1.82) is 0 Å². The summed E-state index contributed by atoms with van der Waals surface area (Å²) >= 11 is 3.50. The number of aryl methyl sites for hydroxylation is 1. The van der Waals surface area contributed by atoms with Crippen LogP contribution in [0.4, 0.5) is 11.5 Å². The molecule has 1 atom stereocenters. The topological polar surface area (TPSA) is 67.4 Å². The van der Waals surface area contributed by atoms with Crippen molar-refractivity contribution < 1.29 is 9.53 Å². The number of nitrogens with one attached hydrogen (secondary N) is 1. The maximum absolute atomic E-state index is 12.9. The molecule has 0 saturated carbocycles. The van der Waals surface area contributed by atoms with Crippen LogP contribution in [0.5, 0.6) is 5.88 Å². The highest BCUT2D eigenvalue weighted by Crippen LogP contribution is 2.31. The molecule has 1 aliphatic heterocycles. The summed E-state index contributed by atoms with van der Waals surface area (Å²) in [6, 6.07) is 13.6. The van der Waals surface area contributed by atoms with Crippen LogP contribution in [0.1, 0.15) is 25.3 Å².